The molecule has 0 fully saturated rings. The second-order valence-electron chi connectivity index (χ2n) is 5.13. The number of aliphatic hydroxyl groups excluding tert-OH is 1. The van der Waals surface area contributed by atoms with E-state index in [0.29, 0.717) is 12.9 Å². The summed E-state index contributed by atoms with van der Waals surface area (Å²) in [4.78, 5) is 8.78. The van der Waals surface area contributed by atoms with Gasteiger partial charge in [-0.15, -0.1) is 0 Å². The molecular formula is C16H32O6. The van der Waals surface area contributed by atoms with Crippen LogP contribution in [0.4, 0.5) is 0 Å². The summed E-state index contributed by atoms with van der Waals surface area (Å²) in [5.41, 5.74) is 0. The van der Waals surface area contributed by atoms with E-state index < -0.39 is 0 Å². The van der Waals surface area contributed by atoms with Gasteiger partial charge in [0.1, 0.15) is 12.9 Å². The summed E-state index contributed by atoms with van der Waals surface area (Å²) in [6, 6.07) is 0. The minimum Gasteiger partial charge on any atom is -0.512 e. The van der Waals surface area contributed by atoms with E-state index >= 15 is 0 Å². The Hall–Kier alpha value is -0.820. The first-order chi connectivity index (χ1) is 10.9. The molecule has 0 aromatic heterocycles. The van der Waals surface area contributed by atoms with Crippen molar-refractivity contribution in [2.75, 3.05) is 19.8 Å². The highest BCUT2D eigenvalue weighted by Crippen LogP contribution is 2.10. The Morgan fingerprint density at radius 3 is 2.00 bits per heavy atom. The molecule has 0 aliphatic carbocycles. The first-order valence-electron chi connectivity index (χ1n) is 8.40. The minimum absolute atomic E-state index is 0.254. The summed E-state index contributed by atoms with van der Waals surface area (Å²) >= 11 is 0. The van der Waals surface area contributed by atoms with Gasteiger partial charge in [0, 0.05) is 11.6 Å². The Morgan fingerprint density at radius 2 is 1.36 bits per heavy atom. The Bertz CT molecular complexity index is 223. The van der Waals surface area contributed by atoms with Crippen LogP contribution in [-0.4, -0.2) is 24.9 Å². The summed E-state index contributed by atoms with van der Waals surface area (Å²) < 4.78 is 5.38. The normalized spacial score (nSPS) is 11.3. The minimum atomic E-state index is 0.254. The second kappa shape index (κ2) is 20.2. The summed E-state index contributed by atoms with van der Waals surface area (Å²) in [6.45, 7) is 3.69. The van der Waals surface area contributed by atoms with Crippen LogP contribution in [0.5, 0.6) is 0 Å². The van der Waals surface area contributed by atoms with Crippen LogP contribution < -0.4 is 0 Å². The second-order valence-corrected chi connectivity index (χ2v) is 5.13. The predicted molar refractivity (Wildman–Crippen MR) is 83.6 cm³/mol. The van der Waals surface area contributed by atoms with Crippen LogP contribution in [0.25, 0.3) is 0 Å². The fourth-order valence-electron chi connectivity index (χ4n) is 2.00. The summed E-state index contributed by atoms with van der Waals surface area (Å²) in [7, 11) is 0. The van der Waals surface area contributed by atoms with Crippen LogP contribution in [0.3, 0.4) is 0 Å². The molecule has 0 aromatic carbocycles. The topological polar surface area (TPSA) is 66.4 Å². The molecule has 0 aromatic rings. The van der Waals surface area contributed by atoms with Crippen molar-refractivity contribution in [3.63, 3.8) is 0 Å². The monoisotopic (exact) mass is 320 g/mol. The molecule has 0 saturated heterocycles. The Morgan fingerprint density at radius 1 is 0.727 bits per heavy atom. The molecular weight excluding hydrogens is 288 g/mol. The lowest BCUT2D eigenvalue weighted by Crippen LogP contribution is -2.06. The average molecular weight is 320 g/mol. The highest BCUT2D eigenvalue weighted by atomic mass is 17.7. The number of unbranched alkanes of at least 4 members (excludes halogenated alkanes) is 9. The van der Waals surface area contributed by atoms with E-state index in [9.17, 15) is 0 Å². The van der Waals surface area contributed by atoms with Crippen LogP contribution in [0.15, 0.2) is 12.5 Å². The highest BCUT2D eigenvalue weighted by molar-refractivity contribution is 4.52. The Balaban J connectivity index is 2.94. The third kappa shape index (κ3) is 19.2. The first kappa shape index (κ1) is 21.2. The largest absolute Gasteiger partial charge is 0.512 e. The van der Waals surface area contributed by atoms with Gasteiger partial charge in [-0.2, -0.15) is 0 Å². The van der Waals surface area contributed by atoms with Gasteiger partial charge in [0.25, 0.3) is 0 Å². The summed E-state index contributed by atoms with van der Waals surface area (Å²) in [6.07, 6.45) is 14.7. The van der Waals surface area contributed by atoms with Gasteiger partial charge in [-0.1, -0.05) is 64.7 Å². The van der Waals surface area contributed by atoms with Gasteiger partial charge in [-0.3, -0.25) is 0 Å². The predicted octanol–water partition coefficient (Wildman–Crippen LogP) is 4.76. The molecule has 6 nitrogen and oxygen atoms in total. The van der Waals surface area contributed by atoms with E-state index in [0.717, 1.165) is 19.3 Å². The number of ether oxygens (including phenoxy) is 1. The smallest absolute Gasteiger partial charge is 0.167 e. The standard InChI is InChI=1S/C16H32O6/c1-2-3-4-5-6-7-8-9-10-11-13-18-15-16-20-22-21-19-14-12-17/h12,14,17H,2-11,13,15-16H2,1H3/b14-12+. The summed E-state index contributed by atoms with van der Waals surface area (Å²) in [5, 5.41) is 16.4. The van der Waals surface area contributed by atoms with Crippen molar-refractivity contribution in [2.45, 2.75) is 71.1 Å². The SMILES string of the molecule is CCCCCCCCCCCCOCCOOOO/C=C/O. The molecule has 0 spiro atoms. The van der Waals surface area contributed by atoms with Gasteiger partial charge in [-0.25, -0.2) is 4.89 Å². The molecule has 0 aliphatic heterocycles. The lowest BCUT2D eigenvalue weighted by Gasteiger charge is -2.04. The third-order valence-electron chi connectivity index (χ3n) is 3.18. The fraction of sp³-hybridized carbons (Fsp3) is 0.875. The van der Waals surface area contributed by atoms with Gasteiger partial charge in [0.15, 0.2) is 6.26 Å². The molecule has 0 unspecified atom stereocenters. The average Bonchev–Trinajstić information content (AvgIpc) is 2.54. The van der Waals surface area contributed by atoms with Crippen molar-refractivity contribution in [1.82, 2.24) is 0 Å². The quantitative estimate of drug-likeness (QED) is 0.170. The number of rotatable bonds is 18. The zero-order valence-corrected chi connectivity index (χ0v) is 13.8. The van der Waals surface area contributed by atoms with Crippen LogP contribution in [-0.2, 0) is 24.6 Å². The molecule has 0 heterocycles. The van der Waals surface area contributed by atoms with E-state index in [-0.39, 0.29) is 6.61 Å². The van der Waals surface area contributed by atoms with Crippen molar-refractivity contribution < 1.29 is 29.7 Å². The third-order valence-corrected chi connectivity index (χ3v) is 3.18. The fourth-order valence-corrected chi connectivity index (χ4v) is 2.00. The number of hydrogen-bond donors (Lipinski definition) is 1. The van der Waals surface area contributed by atoms with Gasteiger partial charge in [0.2, 0.25) is 0 Å². The molecule has 132 valence electrons. The van der Waals surface area contributed by atoms with Crippen LogP contribution >= 0.6 is 0 Å². The van der Waals surface area contributed by atoms with Crippen LogP contribution in [0, 0.1) is 0 Å². The van der Waals surface area contributed by atoms with Crippen molar-refractivity contribution in [2.24, 2.45) is 0 Å². The Kier molecular flexibility index (Phi) is 19.4. The number of aliphatic hydroxyl groups is 1. The number of hydrogen-bond acceptors (Lipinski definition) is 6. The van der Waals surface area contributed by atoms with E-state index in [1.165, 1.54) is 57.8 Å². The van der Waals surface area contributed by atoms with E-state index in [1.807, 2.05) is 0 Å². The molecule has 0 atom stereocenters. The first-order valence-corrected chi connectivity index (χ1v) is 8.40. The zero-order chi connectivity index (χ0) is 16.1. The van der Waals surface area contributed by atoms with E-state index in [1.54, 1.807) is 0 Å². The van der Waals surface area contributed by atoms with Gasteiger partial charge < -0.3 is 14.7 Å². The molecule has 0 amide bonds. The molecule has 6 heteroatoms. The van der Waals surface area contributed by atoms with Gasteiger partial charge in [0.05, 0.1) is 6.61 Å². The van der Waals surface area contributed by atoms with Crippen molar-refractivity contribution in [3.05, 3.63) is 12.5 Å². The van der Waals surface area contributed by atoms with Crippen molar-refractivity contribution >= 4 is 0 Å². The van der Waals surface area contributed by atoms with Crippen molar-refractivity contribution in [3.8, 4) is 0 Å². The van der Waals surface area contributed by atoms with Gasteiger partial charge in [-0.05, 0) is 11.5 Å². The molecule has 0 aliphatic rings. The van der Waals surface area contributed by atoms with Gasteiger partial charge >= 0.3 is 0 Å². The maximum Gasteiger partial charge on any atom is 0.167 e. The molecule has 0 rings (SSSR count). The van der Waals surface area contributed by atoms with Crippen molar-refractivity contribution in [1.29, 1.82) is 0 Å². The molecule has 1 N–H and O–H groups in total. The highest BCUT2D eigenvalue weighted by Gasteiger charge is 1.94. The Labute approximate surface area is 134 Å². The molecule has 0 bridgehead atoms. The molecule has 22 heavy (non-hydrogen) atoms. The van der Waals surface area contributed by atoms with E-state index in [4.69, 9.17) is 9.84 Å². The van der Waals surface area contributed by atoms with Crippen LogP contribution in [0.1, 0.15) is 71.1 Å². The van der Waals surface area contributed by atoms with E-state index in [2.05, 4.69) is 26.8 Å². The lowest BCUT2D eigenvalue weighted by molar-refractivity contribution is -0.622. The maximum absolute atomic E-state index is 8.20. The van der Waals surface area contributed by atoms with Crippen LogP contribution in [0.2, 0.25) is 0 Å². The zero-order valence-electron chi connectivity index (χ0n) is 13.8. The lowest BCUT2D eigenvalue weighted by atomic mass is 10.1. The maximum atomic E-state index is 8.20. The molecule has 0 saturated carbocycles. The summed E-state index contributed by atoms with van der Waals surface area (Å²) in [5.74, 6) is 0. The molecule has 0 radical (unpaired) electrons.